The predicted octanol–water partition coefficient (Wildman–Crippen LogP) is 0.800. The van der Waals surface area contributed by atoms with Crippen molar-refractivity contribution in [3.63, 3.8) is 0 Å². The number of anilines is 1. The van der Waals surface area contributed by atoms with E-state index in [0.717, 1.165) is 5.56 Å². The van der Waals surface area contributed by atoms with Gasteiger partial charge in [0, 0.05) is 0 Å². The van der Waals surface area contributed by atoms with Crippen LogP contribution in [0.25, 0.3) is 0 Å². The summed E-state index contributed by atoms with van der Waals surface area (Å²) in [6, 6.07) is 7.28. The van der Waals surface area contributed by atoms with E-state index >= 15 is 0 Å². The topological polar surface area (TPSA) is 66.8 Å². The van der Waals surface area contributed by atoms with E-state index in [0.29, 0.717) is 5.69 Å². The predicted molar refractivity (Wildman–Crippen MR) is 74.5 cm³/mol. The second-order valence-corrected chi connectivity index (χ2v) is 5.91. The monoisotopic (exact) mass is 285 g/mol. The third kappa shape index (κ3) is 1.47. The van der Waals surface area contributed by atoms with Gasteiger partial charge in [0.1, 0.15) is 5.60 Å². The number of ether oxygens (including phenoxy) is 1. The number of rotatable bonds is 2. The summed E-state index contributed by atoms with van der Waals surface area (Å²) < 4.78 is 5.69. The molecule has 4 rings (SSSR count). The largest absolute Gasteiger partial charge is 0.393 e. The first-order chi connectivity index (χ1) is 10.1. The minimum Gasteiger partial charge on any atom is -0.393 e. The summed E-state index contributed by atoms with van der Waals surface area (Å²) in [5.41, 5.74) is 0.619. The lowest BCUT2D eigenvalue weighted by Gasteiger charge is -2.26. The fourth-order valence-corrected chi connectivity index (χ4v) is 3.63. The number of hydrogen-bond donors (Lipinski definition) is 1. The summed E-state index contributed by atoms with van der Waals surface area (Å²) in [7, 11) is 0. The van der Waals surface area contributed by atoms with E-state index in [1.807, 2.05) is 19.1 Å². The van der Waals surface area contributed by atoms with Crippen LogP contribution in [-0.4, -0.2) is 35.2 Å². The van der Waals surface area contributed by atoms with Gasteiger partial charge in [-0.15, -0.1) is 0 Å². The molecule has 0 aromatic heterocycles. The highest BCUT2D eigenvalue weighted by Crippen LogP contribution is 2.52. The number of hydrogen-bond acceptors (Lipinski definition) is 4. The van der Waals surface area contributed by atoms with Crippen LogP contribution in [0, 0.1) is 18.8 Å². The molecule has 2 bridgehead atoms. The molecule has 0 radical (unpaired) electrons. The number of aryl methyl sites for hydroxylation is 1. The Morgan fingerprint density at radius 3 is 2.62 bits per heavy atom. The molecule has 108 valence electrons. The lowest BCUT2D eigenvalue weighted by Crippen LogP contribution is -2.43. The van der Waals surface area contributed by atoms with Crippen LogP contribution in [0.15, 0.2) is 36.4 Å². The SMILES string of the molecule is Cc1ccc(N2C(=O)C3C4C=CC(CO)(O4)C3C2=O)cc1. The molecule has 1 aromatic carbocycles. The van der Waals surface area contributed by atoms with Crippen molar-refractivity contribution < 1.29 is 19.4 Å². The number of nitrogens with zero attached hydrogens (tertiary/aromatic N) is 1. The van der Waals surface area contributed by atoms with Crippen LogP contribution in [0.3, 0.4) is 0 Å². The summed E-state index contributed by atoms with van der Waals surface area (Å²) in [5, 5.41) is 9.63. The molecule has 0 spiro atoms. The number of carbonyl (C=O) groups is 2. The van der Waals surface area contributed by atoms with Gasteiger partial charge in [-0.1, -0.05) is 29.8 Å². The van der Waals surface area contributed by atoms with Crippen LogP contribution in [0.1, 0.15) is 5.56 Å². The molecule has 5 heteroatoms. The molecule has 2 amide bonds. The van der Waals surface area contributed by atoms with Gasteiger partial charge in [-0.2, -0.15) is 0 Å². The number of fused-ring (bicyclic) bond motifs is 5. The quantitative estimate of drug-likeness (QED) is 0.645. The Bertz CT molecular complexity index is 665. The lowest BCUT2D eigenvalue weighted by atomic mass is 9.77. The van der Waals surface area contributed by atoms with Crippen molar-refractivity contribution >= 4 is 17.5 Å². The molecule has 5 nitrogen and oxygen atoms in total. The number of aliphatic hydroxyl groups excluding tert-OH is 1. The maximum atomic E-state index is 12.7. The van der Waals surface area contributed by atoms with Crippen LogP contribution in [0.5, 0.6) is 0 Å². The number of carbonyl (C=O) groups excluding carboxylic acids is 2. The third-order valence-electron chi connectivity index (χ3n) is 4.69. The molecule has 1 aromatic rings. The average molecular weight is 285 g/mol. The number of amides is 2. The fraction of sp³-hybridized carbons (Fsp3) is 0.375. The second kappa shape index (κ2) is 4.02. The molecule has 21 heavy (non-hydrogen) atoms. The Labute approximate surface area is 121 Å². The first kappa shape index (κ1) is 12.7. The Morgan fingerprint density at radius 1 is 1.24 bits per heavy atom. The van der Waals surface area contributed by atoms with Crippen LogP contribution in [0.4, 0.5) is 5.69 Å². The summed E-state index contributed by atoms with van der Waals surface area (Å²) in [4.78, 5) is 26.6. The molecule has 2 saturated heterocycles. The first-order valence-corrected chi connectivity index (χ1v) is 7.00. The molecular formula is C16H15NO4. The highest BCUT2D eigenvalue weighted by Gasteiger charge is 2.67. The van der Waals surface area contributed by atoms with Gasteiger partial charge in [-0.05, 0) is 19.1 Å². The molecule has 1 N–H and O–H groups in total. The van der Waals surface area contributed by atoms with Crippen molar-refractivity contribution in [1.29, 1.82) is 0 Å². The van der Waals surface area contributed by atoms with Crippen molar-refractivity contribution in [2.45, 2.75) is 18.6 Å². The van der Waals surface area contributed by atoms with Crippen LogP contribution in [0.2, 0.25) is 0 Å². The van der Waals surface area contributed by atoms with E-state index in [-0.39, 0.29) is 18.4 Å². The minimum absolute atomic E-state index is 0.237. The summed E-state index contributed by atoms with van der Waals surface area (Å²) in [5.74, 6) is -1.66. The Balaban J connectivity index is 1.77. The molecular weight excluding hydrogens is 270 g/mol. The van der Waals surface area contributed by atoms with Gasteiger partial charge < -0.3 is 9.84 Å². The van der Waals surface area contributed by atoms with E-state index in [4.69, 9.17) is 4.74 Å². The molecule has 3 aliphatic heterocycles. The van der Waals surface area contributed by atoms with Crippen LogP contribution >= 0.6 is 0 Å². The van der Waals surface area contributed by atoms with E-state index in [9.17, 15) is 14.7 Å². The van der Waals surface area contributed by atoms with Crippen molar-refractivity contribution in [3.8, 4) is 0 Å². The van der Waals surface area contributed by atoms with Crippen molar-refractivity contribution in [2.24, 2.45) is 11.8 Å². The zero-order chi connectivity index (χ0) is 14.8. The summed E-state index contributed by atoms with van der Waals surface area (Å²) in [6.07, 6.45) is 3.10. The van der Waals surface area contributed by atoms with Gasteiger partial charge >= 0.3 is 0 Å². The second-order valence-electron chi connectivity index (χ2n) is 5.91. The van der Waals surface area contributed by atoms with Crippen molar-refractivity contribution in [2.75, 3.05) is 11.5 Å². The van der Waals surface area contributed by atoms with Gasteiger partial charge in [0.05, 0.1) is 30.2 Å². The molecule has 2 fully saturated rings. The van der Waals surface area contributed by atoms with Crippen molar-refractivity contribution in [3.05, 3.63) is 42.0 Å². The minimum atomic E-state index is -1.03. The summed E-state index contributed by atoms with van der Waals surface area (Å²) in [6.45, 7) is 1.66. The Hall–Kier alpha value is -1.98. The third-order valence-corrected chi connectivity index (χ3v) is 4.69. The zero-order valence-corrected chi connectivity index (χ0v) is 11.5. The molecule has 0 saturated carbocycles. The van der Waals surface area contributed by atoms with E-state index in [1.165, 1.54) is 4.90 Å². The molecule has 3 heterocycles. The molecule has 3 aliphatic rings. The zero-order valence-electron chi connectivity index (χ0n) is 11.5. The van der Waals surface area contributed by atoms with Gasteiger partial charge in [-0.25, -0.2) is 4.90 Å². The lowest BCUT2D eigenvalue weighted by molar-refractivity contribution is -0.128. The standard InChI is InChI=1S/C16H15NO4/c1-9-2-4-10(5-3-9)17-14(19)12-11-6-7-16(8-18,21-11)13(12)15(17)20/h2-7,11-13,18H,8H2,1H3. The Kier molecular flexibility index (Phi) is 2.44. The highest BCUT2D eigenvalue weighted by atomic mass is 16.5. The van der Waals surface area contributed by atoms with Gasteiger partial charge in [-0.3, -0.25) is 9.59 Å². The normalized spacial score (nSPS) is 36.7. The van der Waals surface area contributed by atoms with Crippen LogP contribution in [-0.2, 0) is 14.3 Å². The average Bonchev–Trinajstić information content (AvgIpc) is 3.12. The van der Waals surface area contributed by atoms with Gasteiger partial charge in [0.25, 0.3) is 0 Å². The summed E-state index contributed by atoms with van der Waals surface area (Å²) >= 11 is 0. The number of imide groups is 1. The van der Waals surface area contributed by atoms with Gasteiger partial charge in [0.15, 0.2) is 0 Å². The maximum Gasteiger partial charge on any atom is 0.241 e. The number of aliphatic hydroxyl groups is 1. The van der Waals surface area contributed by atoms with Gasteiger partial charge in [0.2, 0.25) is 11.8 Å². The Morgan fingerprint density at radius 2 is 1.95 bits per heavy atom. The van der Waals surface area contributed by atoms with E-state index in [1.54, 1.807) is 24.3 Å². The molecule has 4 atom stereocenters. The number of benzene rings is 1. The fourth-order valence-electron chi connectivity index (χ4n) is 3.63. The van der Waals surface area contributed by atoms with Crippen LogP contribution < -0.4 is 4.90 Å². The molecule has 0 aliphatic carbocycles. The maximum absolute atomic E-state index is 12.7. The first-order valence-electron chi connectivity index (χ1n) is 7.00. The molecule has 4 unspecified atom stereocenters. The highest BCUT2D eigenvalue weighted by molar-refractivity contribution is 6.23. The van der Waals surface area contributed by atoms with E-state index in [2.05, 4.69) is 0 Å². The van der Waals surface area contributed by atoms with E-state index < -0.39 is 23.5 Å². The smallest absolute Gasteiger partial charge is 0.241 e. The van der Waals surface area contributed by atoms with Crippen molar-refractivity contribution in [1.82, 2.24) is 0 Å².